The number of nitrogens with one attached hydrogen (secondary N) is 1. The summed E-state index contributed by atoms with van der Waals surface area (Å²) in [5.41, 5.74) is 7.73. The van der Waals surface area contributed by atoms with Crippen LogP contribution in [0.25, 0.3) is 11.1 Å². The van der Waals surface area contributed by atoms with Crippen molar-refractivity contribution in [1.82, 2.24) is 10.3 Å². The number of fused-ring (bicyclic) bond motifs is 1. The molecule has 2 rings (SSSR count). The van der Waals surface area contributed by atoms with E-state index >= 15 is 0 Å². The number of thioether (sulfide) groups is 1. The molecule has 0 bridgehead atoms. The second-order valence-corrected chi connectivity index (χ2v) is 6.40. The molecule has 20 heavy (non-hydrogen) atoms. The Morgan fingerprint density at radius 2 is 2.20 bits per heavy atom. The number of rotatable bonds is 5. The second kappa shape index (κ2) is 6.17. The lowest BCUT2D eigenvalue weighted by Gasteiger charge is -2.11. The number of benzene rings is 1. The maximum absolute atomic E-state index is 11.9. The van der Waals surface area contributed by atoms with E-state index in [1.165, 1.54) is 11.8 Å². The number of hydrogen-bond donors (Lipinski definition) is 2. The minimum Gasteiger partial charge on any atom is -0.431 e. The normalized spacial score (nSPS) is 12.8. The Labute approximate surface area is 122 Å². The Hall–Kier alpha value is -1.69. The molecule has 0 fully saturated rings. The fraction of sp³-hybridized carbons (Fsp3) is 0.429. The molecule has 1 atom stereocenters. The first kappa shape index (κ1) is 14.7. The number of nitrogens with two attached hydrogens (primary N) is 1. The van der Waals surface area contributed by atoms with Crippen LogP contribution in [0.1, 0.15) is 20.8 Å². The molecule has 0 saturated carbocycles. The van der Waals surface area contributed by atoms with Gasteiger partial charge in [0.15, 0.2) is 5.58 Å². The van der Waals surface area contributed by atoms with Crippen molar-refractivity contribution in [3.05, 3.63) is 18.2 Å². The fourth-order valence-corrected chi connectivity index (χ4v) is 2.41. The minimum absolute atomic E-state index is 0.00882. The van der Waals surface area contributed by atoms with Crippen LogP contribution in [0.2, 0.25) is 0 Å². The molecule has 3 N–H and O–H groups in total. The first-order valence-corrected chi connectivity index (χ1v) is 7.44. The lowest BCUT2D eigenvalue weighted by Crippen LogP contribution is -2.33. The zero-order chi connectivity index (χ0) is 14.7. The van der Waals surface area contributed by atoms with Crippen molar-refractivity contribution in [2.75, 3.05) is 12.3 Å². The van der Waals surface area contributed by atoms with Crippen LogP contribution in [0, 0.1) is 5.92 Å². The van der Waals surface area contributed by atoms with E-state index in [-0.39, 0.29) is 11.2 Å². The number of nitrogen functional groups attached to an aromatic ring is 1. The van der Waals surface area contributed by atoms with Crippen molar-refractivity contribution in [1.29, 1.82) is 0 Å². The third-order valence-electron chi connectivity index (χ3n) is 2.72. The first-order chi connectivity index (χ1) is 9.45. The van der Waals surface area contributed by atoms with Crippen molar-refractivity contribution in [2.24, 2.45) is 5.92 Å². The lowest BCUT2D eigenvalue weighted by molar-refractivity contribution is -0.120. The Morgan fingerprint density at radius 1 is 1.45 bits per heavy atom. The third kappa shape index (κ3) is 3.66. The van der Waals surface area contributed by atoms with Gasteiger partial charge in [-0.25, -0.2) is 4.98 Å². The maximum Gasteiger partial charge on any atom is 0.257 e. The number of oxazole rings is 1. The van der Waals surface area contributed by atoms with Gasteiger partial charge in [0.1, 0.15) is 5.52 Å². The van der Waals surface area contributed by atoms with Gasteiger partial charge in [0.05, 0.1) is 5.25 Å². The molecule has 108 valence electrons. The largest absolute Gasteiger partial charge is 0.431 e. The molecule has 0 aliphatic rings. The summed E-state index contributed by atoms with van der Waals surface area (Å²) in [6.45, 7) is 6.63. The molecule has 1 amide bonds. The minimum atomic E-state index is -0.251. The van der Waals surface area contributed by atoms with E-state index in [0.717, 1.165) is 0 Å². The Kier molecular flexibility index (Phi) is 4.54. The number of carbonyl (C=O) groups is 1. The van der Waals surface area contributed by atoms with Gasteiger partial charge in [-0.2, -0.15) is 0 Å². The number of aromatic nitrogens is 1. The van der Waals surface area contributed by atoms with Gasteiger partial charge < -0.3 is 15.5 Å². The SMILES string of the molecule is CC(C)CNC(=O)C(C)Sc1nc2cc(N)ccc2o1. The smallest absolute Gasteiger partial charge is 0.257 e. The van der Waals surface area contributed by atoms with Gasteiger partial charge >= 0.3 is 0 Å². The molecule has 0 spiro atoms. The van der Waals surface area contributed by atoms with Crippen molar-refractivity contribution >= 4 is 34.5 Å². The predicted octanol–water partition coefficient (Wildman–Crippen LogP) is 2.66. The van der Waals surface area contributed by atoms with Crippen LogP contribution >= 0.6 is 11.8 Å². The number of carbonyl (C=O) groups excluding carboxylic acids is 1. The van der Waals surface area contributed by atoms with E-state index < -0.39 is 0 Å². The average molecular weight is 293 g/mol. The fourth-order valence-electron chi connectivity index (χ4n) is 1.63. The van der Waals surface area contributed by atoms with Crippen molar-refractivity contribution in [3.63, 3.8) is 0 Å². The van der Waals surface area contributed by atoms with Gasteiger partial charge in [-0.15, -0.1) is 0 Å². The Bertz CT molecular complexity index is 609. The molecule has 0 aliphatic heterocycles. The molecular formula is C14H19N3O2S. The van der Waals surface area contributed by atoms with E-state index in [0.29, 0.717) is 34.5 Å². The highest BCUT2D eigenvalue weighted by Crippen LogP contribution is 2.27. The van der Waals surface area contributed by atoms with Crippen LogP contribution in [0.15, 0.2) is 27.8 Å². The van der Waals surface area contributed by atoms with Crippen LogP contribution in [0.3, 0.4) is 0 Å². The molecule has 0 radical (unpaired) electrons. The van der Waals surface area contributed by atoms with E-state index in [9.17, 15) is 4.79 Å². The number of anilines is 1. The van der Waals surface area contributed by atoms with E-state index in [1.54, 1.807) is 18.2 Å². The van der Waals surface area contributed by atoms with Crippen LogP contribution in [0.4, 0.5) is 5.69 Å². The Balaban J connectivity index is 2.02. The molecular weight excluding hydrogens is 274 g/mol. The summed E-state index contributed by atoms with van der Waals surface area (Å²) in [5, 5.41) is 3.13. The van der Waals surface area contributed by atoms with Crippen LogP contribution in [0.5, 0.6) is 0 Å². The summed E-state index contributed by atoms with van der Waals surface area (Å²) in [7, 11) is 0. The topological polar surface area (TPSA) is 81.2 Å². The third-order valence-corrected chi connectivity index (χ3v) is 3.67. The molecule has 6 heteroatoms. The maximum atomic E-state index is 11.9. The predicted molar refractivity (Wildman–Crippen MR) is 81.6 cm³/mol. The van der Waals surface area contributed by atoms with Crippen molar-refractivity contribution in [3.8, 4) is 0 Å². The van der Waals surface area contributed by atoms with Crippen molar-refractivity contribution in [2.45, 2.75) is 31.2 Å². The quantitative estimate of drug-likeness (QED) is 0.654. The molecule has 1 aromatic carbocycles. The number of nitrogens with zero attached hydrogens (tertiary/aromatic N) is 1. The molecule has 2 aromatic rings. The van der Waals surface area contributed by atoms with Gasteiger partial charge in [-0.3, -0.25) is 4.79 Å². The zero-order valence-corrected chi connectivity index (χ0v) is 12.7. The summed E-state index contributed by atoms with van der Waals surface area (Å²) < 4.78 is 5.59. The molecule has 0 aliphatic carbocycles. The number of hydrogen-bond acceptors (Lipinski definition) is 5. The number of amides is 1. The monoisotopic (exact) mass is 293 g/mol. The molecule has 1 heterocycles. The van der Waals surface area contributed by atoms with Gasteiger partial charge in [0.25, 0.3) is 5.22 Å². The molecule has 0 saturated heterocycles. The summed E-state index contributed by atoms with van der Waals surface area (Å²) in [6.07, 6.45) is 0. The highest BCUT2D eigenvalue weighted by molar-refractivity contribution is 8.00. The van der Waals surface area contributed by atoms with Crippen LogP contribution in [-0.4, -0.2) is 22.7 Å². The van der Waals surface area contributed by atoms with Crippen LogP contribution < -0.4 is 11.1 Å². The highest BCUT2D eigenvalue weighted by Gasteiger charge is 2.18. The Morgan fingerprint density at radius 3 is 2.90 bits per heavy atom. The zero-order valence-electron chi connectivity index (χ0n) is 11.8. The summed E-state index contributed by atoms with van der Waals surface area (Å²) in [4.78, 5) is 16.2. The summed E-state index contributed by atoms with van der Waals surface area (Å²) >= 11 is 1.30. The van der Waals surface area contributed by atoms with Gasteiger partial charge in [-0.05, 0) is 31.0 Å². The van der Waals surface area contributed by atoms with E-state index in [4.69, 9.17) is 10.2 Å². The van der Waals surface area contributed by atoms with E-state index in [2.05, 4.69) is 24.1 Å². The summed E-state index contributed by atoms with van der Waals surface area (Å²) in [6, 6.07) is 5.30. The average Bonchev–Trinajstić information content (AvgIpc) is 2.76. The van der Waals surface area contributed by atoms with Gasteiger partial charge in [-0.1, -0.05) is 25.6 Å². The second-order valence-electron chi connectivity index (χ2n) is 5.11. The lowest BCUT2D eigenvalue weighted by atomic mass is 10.2. The molecule has 1 aromatic heterocycles. The van der Waals surface area contributed by atoms with E-state index in [1.807, 2.05) is 6.92 Å². The first-order valence-electron chi connectivity index (χ1n) is 6.56. The van der Waals surface area contributed by atoms with Crippen LogP contribution in [-0.2, 0) is 4.79 Å². The standard InChI is InChI=1S/C14H19N3O2S/c1-8(2)7-16-13(18)9(3)20-14-17-11-6-10(15)4-5-12(11)19-14/h4-6,8-9H,7,15H2,1-3H3,(H,16,18). The molecule has 5 nitrogen and oxygen atoms in total. The van der Waals surface area contributed by atoms with Gasteiger partial charge in [0.2, 0.25) is 5.91 Å². The summed E-state index contributed by atoms with van der Waals surface area (Å²) in [5.74, 6) is 0.425. The highest BCUT2D eigenvalue weighted by atomic mass is 32.2. The molecule has 1 unspecified atom stereocenters. The van der Waals surface area contributed by atoms with Crippen molar-refractivity contribution < 1.29 is 9.21 Å². The van der Waals surface area contributed by atoms with Gasteiger partial charge in [0, 0.05) is 12.2 Å².